The van der Waals surface area contributed by atoms with Crippen LogP contribution in [0.3, 0.4) is 0 Å². The van der Waals surface area contributed by atoms with Crippen LogP contribution in [-0.2, 0) is 9.53 Å². The van der Waals surface area contributed by atoms with E-state index in [2.05, 4.69) is 42.0 Å². The fraction of sp³-hybridized carbons (Fsp3) is 0.708. The molecule has 0 amide bonds. The van der Waals surface area contributed by atoms with Gasteiger partial charge in [0.25, 0.3) is 0 Å². The molecule has 0 aromatic heterocycles. The fourth-order valence-electron chi connectivity index (χ4n) is 3.37. The predicted octanol–water partition coefficient (Wildman–Crippen LogP) is 6.14. The summed E-state index contributed by atoms with van der Waals surface area (Å²) in [5.41, 5.74) is 0. The second kappa shape index (κ2) is 15.7. The number of allylic oxidation sites excluding steroid dienone is 5. The summed E-state index contributed by atoms with van der Waals surface area (Å²) in [5.74, 6) is 0.978. The van der Waals surface area contributed by atoms with Crippen molar-refractivity contribution in [2.75, 3.05) is 7.11 Å². The van der Waals surface area contributed by atoms with Crippen molar-refractivity contribution >= 4 is 5.97 Å². The molecule has 1 N–H and O–H groups in total. The van der Waals surface area contributed by atoms with Gasteiger partial charge in [0, 0.05) is 6.42 Å². The van der Waals surface area contributed by atoms with Gasteiger partial charge >= 0.3 is 5.97 Å². The van der Waals surface area contributed by atoms with E-state index in [1.807, 2.05) is 6.08 Å². The number of aliphatic hydroxyl groups is 1. The fourth-order valence-corrected chi connectivity index (χ4v) is 3.37. The van der Waals surface area contributed by atoms with Gasteiger partial charge in [-0.05, 0) is 69.6 Å². The van der Waals surface area contributed by atoms with Gasteiger partial charge in [-0.15, -0.1) is 0 Å². The summed E-state index contributed by atoms with van der Waals surface area (Å²) < 4.78 is 4.62. The summed E-state index contributed by atoms with van der Waals surface area (Å²) in [7, 11) is 1.42. The van der Waals surface area contributed by atoms with Crippen molar-refractivity contribution < 1.29 is 14.6 Å². The average molecular weight is 377 g/mol. The van der Waals surface area contributed by atoms with Gasteiger partial charge in [-0.1, -0.05) is 56.2 Å². The van der Waals surface area contributed by atoms with E-state index in [9.17, 15) is 9.90 Å². The minimum Gasteiger partial charge on any atom is -0.469 e. The highest BCUT2D eigenvalue weighted by Gasteiger charge is 2.34. The van der Waals surface area contributed by atoms with Crippen molar-refractivity contribution in [3.05, 3.63) is 36.5 Å². The molecule has 0 aromatic carbocycles. The van der Waals surface area contributed by atoms with Crippen LogP contribution in [-0.4, -0.2) is 24.3 Å². The van der Waals surface area contributed by atoms with Crippen LogP contribution < -0.4 is 0 Å². The number of methoxy groups -OCH3 is 1. The van der Waals surface area contributed by atoms with Crippen molar-refractivity contribution in [2.24, 2.45) is 11.8 Å². The number of hydrogen-bond donors (Lipinski definition) is 1. The van der Waals surface area contributed by atoms with Crippen LogP contribution >= 0.6 is 0 Å². The summed E-state index contributed by atoms with van der Waals surface area (Å²) in [6.45, 7) is 2.24. The molecule has 0 aliphatic heterocycles. The van der Waals surface area contributed by atoms with E-state index >= 15 is 0 Å². The van der Waals surface area contributed by atoms with Gasteiger partial charge < -0.3 is 9.84 Å². The first-order valence-electron chi connectivity index (χ1n) is 10.9. The highest BCUT2D eigenvalue weighted by Crippen LogP contribution is 2.41. The first kappa shape index (κ1) is 23.7. The second-order valence-electron chi connectivity index (χ2n) is 7.64. The molecule has 0 bridgehead atoms. The number of rotatable bonds is 16. The number of carbonyl (C=O) groups is 1. The van der Waals surface area contributed by atoms with E-state index in [0.717, 1.165) is 32.1 Å². The third-order valence-corrected chi connectivity index (χ3v) is 5.23. The SMILES string of the molecule is CCCCCC=CCC[C@@H](C1CC1)[C@H](O)C=CCC=CCCCC(=O)OC. The average Bonchev–Trinajstić information content (AvgIpc) is 3.50. The van der Waals surface area contributed by atoms with Crippen LogP contribution in [0.2, 0.25) is 0 Å². The summed E-state index contributed by atoms with van der Waals surface area (Å²) in [4.78, 5) is 11.0. The number of unbranched alkanes of at least 4 members (excludes halogenated alkanes) is 4. The van der Waals surface area contributed by atoms with Crippen molar-refractivity contribution in [3.63, 3.8) is 0 Å². The zero-order valence-corrected chi connectivity index (χ0v) is 17.4. The Morgan fingerprint density at radius 3 is 2.44 bits per heavy atom. The molecule has 0 spiro atoms. The molecular formula is C24H40O3. The Hall–Kier alpha value is -1.35. The molecule has 0 aromatic rings. The Balaban J connectivity index is 2.19. The van der Waals surface area contributed by atoms with E-state index < -0.39 is 0 Å². The van der Waals surface area contributed by atoms with E-state index in [1.54, 1.807) is 0 Å². The minimum absolute atomic E-state index is 0.145. The smallest absolute Gasteiger partial charge is 0.305 e. The maximum Gasteiger partial charge on any atom is 0.305 e. The maximum atomic E-state index is 11.0. The Morgan fingerprint density at radius 1 is 1.04 bits per heavy atom. The van der Waals surface area contributed by atoms with Crippen LogP contribution in [0.15, 0.2) is 36.5 Å². The van der Waals surface area contributed by atoms with Crippen molar-refractivity contribution in [1.29, 1.82) is 0 Å². The number of hydrogen-bond acceptors (Lipinski definition) is 3. The first-order valence-corrected chi connectivity index (χ1v) is 10.9. The van der Waals surface area contributed by atoms with Gasteiger partial charge in [-0.25, -0.2) is 0 Å². The number of aliphatic hydroxyl groups excluding tert-OH is 1. The molecule has 0 saturated heterocycles. The van der Waals surface area contributed by atoms with Gasteiger partial charge in [0.1, 0.15) is 0 Å². The van der Waals surface area contributed by atoms with E-state index in [-0.39, 0.29) is 12.1 Å². The second-order valence-corrected chi connectivity index (χ2v) is 7.64. The standard InChI is InChI=1S/C24H40O3/c1-3-4-5-6-7-10-13-16-22(21-19-20-21)23(25)17-14-11-8-9-12-15-18-24(26)27-2/h7-10,14,17,21-23,25H,3-6,11-13,15-16,18-20H2,1-2H3/t22-,23+/m0/s1. The first-order chi connectivity index (χ1) is 13.2. The van der Waals surface area contributed by atoms with E-state index in [0.29, 0.717) is 18.3 Å². The largest absolute Gasteiger partial charge is 0.469 e. The van der Waals surface area contributed by atoms with Gasteiger partial charge in [-0.3, -0.25) is 4.79 Å². The minimum atomic E-state index is -0.321. The zero-order valence-electron chi connectivity index (χ0n) is 17.4. The molecule has 0 unspecified atom stereocenters. The van der Waals surface area contributed by atoms with Crippen LogP contribution in [0.1, 0.15) is 84.0 Å². The lowest BCUT2D eigenvalue weighted by Gasteiger charge is -2.19. The summed E-state index contributed by atoms with van der Waals surface area (Å²) in [6.07, 6.45) is 25.4. The van der Waals surface area contributed by atoms with Crippen LogP contribution in [0.25, 0.3) is 0 Å². The molecule has 3 nitrogen and oxygen atoms in total. The van der Waals surface area contributed by atoms with Gasteiger partial charge in [0.05, 0.1) is 13.2 Å². The number of ether oxygens (including phenoxy) is 1. The van der Waals surface area contributed by atoms with Gasteiger partial charge in [0.15, 0.2) is 0 Å². The lowest BCUT2D eigenvalue weighted by molar-refractivity contribution is -0.140. The number of esters is 1. The zero-order chi connectivity index (χ0) is 19.7. The third kappa shape index (κ3) is 12.6. The van der Waals surface area contributed by atoms with Crippen molar-refractivity contribution in [3.8, 4) is 0 Å². The molecule has 1 aliphatic carbocycles. The number of carbonyl (C=O) groups excluding carboxylic acids is 1. The predicted molar refractivity (Wildman–Crippen MR) is 114 cm³/mol. The summed E-state index contributed by atoms with van der Waals surface area (Å²) >= 11 is 0. The molecule has 0 radical (unpaired) electrons. The third-order valence-electron chi connectivity index (χ3n) is 5.23. The Morgan fingerprint density at radius 2 is 1.74 bits per heavy atom. The quantitative estimate of drug-likeness (QED) is 0.200. The van der Waals surface area contributed by atoms with Crippen LogP contribution in [0, 0.1) is 11.8 Å². The van der Waals surface area contributed by atoms with Gasteiger partial charge in [-0.2, -0.15) is 0 Å². The van der Waals surface area contributed by atoms with Crippen molar-refractivity contribution in [2.45, 2.75) is 90.1 Å². The molecule has 1 fully saturated rings. The summed E-state index contributed by atoms with van der Waals surface area (Å²) in [5, 5.41) is 10.5. The summed E-state index contributed by atoms with van der Waals surface area (Å²) in [6, 6.07) is 0. The molecular weight excluding hydrogens is 336 g/mol. The molecule has 154 valence electrons. The van der Waals surface area contributed by atoms with Crippen molar-refractivity contribution in [1.82, 2.24) is 0 Å². The monoisotopic (exact) mass is 376 g/mol. The van der Waals surface area contributed by atoms with Crippen LogP contribution in [0.4, 0.5) is 0 Å². The molecule has 2 atom stereocenters. The molecule has 3 heteroatoms. The van der Waals surface area contributed by atoms with E-state index in [1.165, 1.54) is 45.6 Å². The lowest BCUT2D eigenvalue weighted by Crippen LogP contribution is -2.20. The normalized spacial score (nSPS) is 17.1. The molecule has 27 heavy (non-hydrogen) atoms. The highest BCUT2D eigenvalue weighted by atomic mass is 16.5. The molecule has 1 rings (SSSR count). The lowest BCUT2D eigenvalue weighted by atomic mass is 9.91. The molecule has 0 heterocycles. The van der Waals surface area contributed by atoms with Gasteiger partial charge in [0.2, 0.25) is 0 Å². The maximum absolute atomic E-state index is 11.0. The van der Waals surface area contributed by atoms with E-state index in [4.69, 9.17) is 0 Å². The molecule has 1 aliphatic rings. The Bertz CT molecular complexity index is 460. The van der Waals surface area contributed by atoms with Crippen LogP contribution in [0.5, 0.6) is 0 Å². The Labute approximate surface area is 166 Å². The Kier molecular flexibility index (Phi) is 13.8. The highest BCUT2D eigenvalue weighted by molar-refractivity contribution is 5.69. The topological polar surface area (TPSA) is 46.5 Å². The molecule has 1 saturated carbocycles.